The lowest BCUT2D eigenvalue weighted by molar-refractivity contribution is -0.122. The van der Waals surface area contributed by atoms with Gasteiger partial charge in [0, 0.05) is 6.42 Å². The average Bonchev–Trinajstić information content (AvgIpc) is 3.03. The molecule has 1 amide bonds. The molecule has 1 aromatic heterocycles. The standard InChI is InChI=1S/C19H20N2O2S/c22-13-16(14-7-2-1-3-8-14)20-18(23)11-6-12-19-21-15-9-4-5-10-17(15)24-19/h1-5,7-10,16,22H,6,11-13H2,(H,20,23). The van der Waals surface area contributed by atoms with E-state index >= 15 is 0 Å². The quantitative estimate of drug-likeness (QED) is 0.692. The molecule has 3 rings (SSSR count). The molecule has 0 spiro atoms. The number of benzene rings is 2. The minimum Gasteiger partial charge on any atom is -0.394 e. The molecule has 2 aromatic carbocycles. The Bertz CT molecular complexity index is 768. The molecule has 0 aliphatic rings. The van der Waals surface area contributed by atoms with Crippen LogP contribution < -0.4 is 5.32 Å². The summed E-state index contributed by atoms with van der Waals surface area (Å²) in [4.78, 5) is 16.7. The van der Waals surface area contributed by atoms with E-state index in [4.69, 9.17) is 0 Å². The Morgan fingerprint density at radius 2 is 1.88 bits per heavy atom. The van der Waals surface area contributed by atoms with Crippen molar-refractivity contribution in [2.45, 2.75) is 25.3 Å². The minimum absolute atomic E-state index is 0.0426. The molecule has 0 bridgehead atoms. The number of thiazole rings is 1. The molecular weight excluding hydrogens is 320 g/mol. The van der Waals surface area contributed by atoms with Gasteiger partial charge >= 0.3 is 0 Å². The zero-order valence-electron chi connectivity index (χ0n) is 13.3. The largest absolute Gasteiger partial charge is 0.394 e. The molecule has 1 heterocycles. The highest BCUT2D eigenvalue weighted by atomic mass is 32.1. The van der Waals surface area contributed by atoms with Gasteiger partial charge in [-0.25, -0.2) is 4.98 Å². The summed E-state index contributed by atoms with van der Waals surface area (Å²) in [5.74, 6) is -0.0426. The number of carbonyl (C=O) groups is 1. The number of rotatable bonds is 7. The van der Waals surface area contributed by atoms with Crippen LogP contribution in [0.25, 0.3) is 10.2 Å². The van der Waals surface area contributed by atoms with E-state index in [1.807, 2.05) is 48.5 Å². The van der Waals surface area contributed by atoms with Gasteiger partial charge < -0.3 is 10.4 Å². The van der Waals surface area contributed by atoms with Crippen molar-refractivity contribution in [2.75, 3.05) is 6.61 Å². The van der Waals surface area contributed by atoms with Gasteiger partial charge in [-0.2, -0.15) is 0 Å². The lowest BCUT2D eigenvalue weighted by Crippen LogP contribution is -2.30. The van der Waals surface area contributed by atoms with Crippen LogP contribution in [0.1, 0.15) is 29.5 Å². The SMILES string of the molecule is O=C(CCCc1nc2ccccc2s1)NC(CO)c1ccccc1. The maximum absolute atomic E-state index is 12.1. The number of aliphatic hydroxyl groups is 1. The Balaban J connectivity index is 1.50. The lowest BCUT2D eigenvalue weighted by atomic mass is 10.1. The number of aromatic nitrogens is 1. The predicted octanol–water partition coefficient (Wildman–Crippen LogP) is 3.47. The van der Waals surface area contributed by atoms with E-state index in [0.29, 0.717) is 6.42 Å². The van der Waals surface area contributed by atoms with Gasteiger partial charge in [0.2, 0.25) is 5.91 Å². The highest BCUT2D eigenvalue weighted by molar-refractivity contribution is 7.18. The molecule has 4 nitrogen and oxygen atoms in total. The molecule has 5 heteroatoms. The van der Waals surface area contributed by atoms with E-state index in [1.165, 1.54) is 4.70 Å². The fourth-order valence-electron chi connectivity index (χ4n) is 2.61. The van der Waals surface area contributed by atoms with Crippen LogP contribution in [0.2, 0.25) is 0 Å². The highest BCUT2D eigenvalue weighted by Gasteiger charge is 2.13. The number of carbonyl (C=O) groups excluding carboxylic acids is 1. The second-order valence-corrected chi connectivity index (χ2v) is 6.76. The van der Waals surface area contributed by atoms with Crippen molar-refractivity contribution < 1.29 is 9.90 Å². The molecule has 0 fully saturated rings. The zero-order chi connectivity index (χ0) is 16.8. The molecular formula is C19H20N2O2S. The third-order valence-corrected chi connectivity index (χ3v) is 4.95. The molecule has 1 unspecified atom stereocenters. The number of fused-ring (bicyclic) bond motifs is 1. The summed E-state index contributed by atoms with van der Waals surface area (Å²) in [5, 5.41) is 13.4. The van der Waals surface area contributed by atoms with Crippen LogP contribution in [0.15, 0.2) is 54.6 Å². The Morgan fingerprint density at radius 3 is 2.62 bits per heavy atom. The summed E-state index contributed by atoms with van der Waals surface area (Å²) in [7, 11) is 0. The normalized spacial score (nSPS) is 12.2. The number of aliphatic hydroxyl groups excluding tert-OH is 1. The molecule has 2 N–H and O–H groups in total. The van der Waals surface area contributed by atoms with E-state index < -0.39 is 0 Å². The van der Waals surface area contributed by atoms with Crippen LogP contribution in [0.3, 0.4) is 0 Å². The van der Waals surface area contributed by atoms with Gasteiger partial charge in [-0.05, 0) is 30.5 Å². The first-order valence-corrected chi connectivity index (χ1v) is 8.87. The molecule has 1 atom stereocenters. The summed E-state index contributed by atoms with van der Waals surface area (Å²) in [5.41, 5.74) is 1.94. The molecule has 124 valence electrons. The van der Waals surface area contributed by atoms with Gasteiger partial charge in [0.05, 0.1) is 27.9 Å². The second-order valence-electron chi connectivity index (χ2n) is 5.64. The Labute approximate surface area is 145 Å². The first-order chi connectivity index (χ1) is 11.8. The summed E-state index contributed by atoms with van der Waals surface area (Å²) < 4.78 is 1.18. The van der Waals surface area contributed by atoms with Crippen molar-refractivity contribution in [3.63, 3.8) is 0 Å². The number of hydrogen-bond acceptors (Lipinski definition) is 4. The topological polar surface area (TPSA) is 62.2 Å². The smallest absolute Gasteiger partial charge is 0.220 e. The summed E-state index contributed by atoms with van der Waals surface area (Å²) in [6.07, 6.45) is 1.97. The Morgan fingerprint density at radius 1 is 1.12 bits per heavy atom. The van der Waals surface area contributed by atoms with Gasteiger partial charge in [0.25, 0.3) is 0 Å². The van der Waals surface area contributed by atoms with Crippen molar-refractivity contribution in [1.82, 2.24) is 10.3 Å². The first kappa shape index (κ1) is 16.6. The molecule has 0 saturated heterocycles. The van der Waals surface area contributed by atoms with E-state index in [-0.39, 0.29) is 18.6 Å². The van der Waals surface area contributed by atoms with Gasteiger partial charge in [-0.3, -0.25) is 4.79 Å². The molecule has 0 aliphatic carbocycles. The Kier molecular flexibility index (Phi) is 5.56. The van der Waals surface area contributed by atoms with Crippen molar-refractivity contribution >= 4 is 27.5 Å². The van der Waals surface area contributed by atoms with Crippen LogP contribution in [-0.4, -0.2) is 22.6 Å². The van der Waals surface area contributed by atoms with E-state index in [0.717, 1.165) is 28.9 Å². The fourth-order valence-corrected chi connectivity index (χ4v) is 3.62. The third-order valence-electron chi connectivity index (χ3n) is 3.85. The summed E-state index contributed by atoms with van der Waals surface area (Å²) in [6, 6.07) is 17.2. The highest BCUT2D eigenvalue weighted by Crippen LogP contribution is 2.22. The van der Waals surface area contributed by atoms with Crippen LogP contribution >= 0.6 is 11.3 Å². The maximum Gasteiger partial charge on any atom is 0.220 e. The fraction of sp³-hybridized carbons (Fsp3) is 0.263. The van der Waals surface area contributed by atoms with Gasteiger partial charge in [-0.1, -0.05) is 42.5 Å². The monoisotopic (exact) mass is 340 g/mol. The first-order valence-electron chi connectivity index (χ1n) is 8.06. The van der Waals surface area contributed by atoms with Crippen LogP contribution in [0.4, 0.5) is 0 Å². The summed E-state index contributed by atoms with van der Waals surface area (Å²) in [6.45, 7) is -0.104. The number of nitrogens with zero attached hydrogens (tertiary/aromatic N) is 1. The third kappa shape index (κ3) is 4.19. The van der Waals surface area contributed by atoms with Gasteiger partial charge in [0.1, 0.15) is 0 Å². The molecule has 24 heavy (non-hydrogen) atoms. The Hall–Kier alpha value is -2.24. The van der Waals surface area contributed by atoms with E-state index in [2.05, 4.69) is 16.4 Å². The lowest BCUT2D eigenvalue weighted by Gasteiger charge is -2.16. The van der Waals surface area contributed by atoms with Crippen molar-refractivity contribution in [3.8, 4) is 0 Å². The van der Waals surface area contributed by atoms with Crippen molar-refractivity contribution in [1.29, 1.82) is 0 Å². The van der Waals surface area contributed by atoms with Crippen molar-refractivity contribution in [2.24, 2.45) is 0 Å². The number of aryl methyl sites for hydroxylation is 1. The molecule has 3 aromatic rings. The number of nitrogens with one attached hydrogen (secondary N) is 1. The van der Waals surface area contributed by atoms with E-state index in [9.17, 15) is 9.90 Å². The van der Waals surface area contributed by atoms with Gasteiger partial charge in [0.15, 0.2) is 0 Å². The minimum atomic E-state index is -0.346. The average molecular weight is 340 g/mol. The zero-order valence-corrected chi connectivity index (χ0v) is 14.1. The second kappa shape index (κ2) is 8.04. The summed E-state index contributed by atoms with van der Waals surface area (Å²) >= 11 is 1.68. The maximum atomic E-state index is 12.1. The number of para-hydroxylation sites is 1. The van der Waals surface area contributed by atoms with Crippen LogP contribution in [0.5, 0.6) is 0 Å². The van der Waals surface area contributed by atoms with Gasteiger partial charge in [-0.15, -0.1) is 11.3 Å². The van der Waals surface area contributed by atoms with Crippen LogP contribution in [-0.2, 0) is 11.2 Å². The van der Waals surface area contributed by atoms with E-state index in [1.54, 1.807) is 11.3 Å². The predicted molar refractivity (Wildman–Crippen MR) is 97.0 cm³/mol. The molecule has 0 saturated carbocycles. The molecule has 0 radical (unpaired) electrons. The van der Waals surface area contributed by atoms with Crippen LogP contribution in [0, 0.1) is 0 Å². The number of amides is 1. The molecule has 0 aliphatic heterocycles. The van der Waals surface area contributed by atoms with Crippen molar-refractivity contribution in [3.05, 3.63) is 65.2 Å². The number of hydrogen-bond donors (Lipinski definition) is 2.